The summed E-state index contributed by atoms with van der Waals surface area (Å²) in [5, 5.41) is 5.48. The van der Waals surface area contributed by atoms with Crippen molar-refractivity contribution in [1.82, 2.24) is 10.6 Å². The number of carbonyl (C=O) groups excluding carboxylic acids is 3. The molecule has 3 amide bonds. The van der Waals surface area contributed by atoms with Crippen LogP contribution in [0.25, 0.3) is 0 Å². The molecule has 0 spiro atoms. The van der Waals surface area contributed by atoms with Gasteiger partial charge < -0.3 is 15.5 Å². The predicted molar refractivity (Wildman–Crippen MR) is 85.6 cm³/mol. The summed E-state index contributed by atoms with van der Waals surface area (Å²) in [6.45, 7) is 0.862. The Morgan fingerprint density at radius 2 is 1.71 bits per heavy atom. The number of para-hydroxylation sites is 1. The molecule has 1 saturated heterocycles. The van der Waals surface area contributed by atoms with Crippen molar-refractivity contribution < 1.29 is 18.8 Å². The third-order valence-corrected chi connectivity index (χ3v) is 4.31. The van der Waals surface area contributed by atoms with Gasteiger partial charge in [0.2, 0.25) is 17.7 Å². The molecule has 1 aliphatic heterocycles. The number of hydrogen-bond donors (Lipinski definition) is 2. The molecule has 0 unspecified atom stereocenters. The molecule has 6 nitrogen and oxygen atoms in total. The molecule has 0 aromatic heterocycles. The highest BCUT2D eigenvalue weighted by Crippen LogP contribution is 2.28. The predicted octanol–water partition coefficient (Wildman–Crippen LogP) is 0.821. The highest BCUT2D eigenvalue weighted by atomic mass is 19.1. The largest absolute Gasteiger partial charge is 0.354 e. The van der Waals surface area contributed by atoms with Crippen molar-refractivity contribution in [3.8, 4) is 0 Å². The second kappa shape index (κ2) is 6.98. The van der Waals surface area contributed by atoms with Gasteiger partial charge in [-0.3, -0.25) is 14.4 Å². The zero-order valence-corrected chi connectivity index (χ0v) is 13.3. The van der Waals surface area contributed by atoms with E-state index in [1.807, 2.05) is 0 Å². The van der Waals surface area contributed by atoms with Crippen LogP contribution in [0.4, 0.5) is 10.1 Å². The molecule has 3 rings (SSSR count). The summed E-state index contributed by atoms with van der Waals surface area (Å²) >= 11 is 0. The highest BCUT2D eigenvalue weighted by molar-refractivity contribution is 6.00. The van der Waals surface area contributed by atoms with E-state index in [1.165, 1.54) is 17.0 Å². The lowest BCUT2D eigenvalue weighted by atomic mass is 10.1. The standard InChI is InChI=1S/C17H20FN3O3/c18-13-3-1-2-4-14(13)21-10-12(9-15(21)22)17(24)20-8-7-19-16(23)11-5-6-11/h1-4,11-12H,5-10H2,(H,19,23)(H,20,24)/t12-/m0/s1. The second-order valence-electron chi connectivity index (χ2n) is 6.21. The molecular weight excluding hydrogens is 313 g/mol. The van der Waals surface area contributed by atoms with E-state index in [-0.39, 0.29) is 42.3 Å². The van der Waals surface area contributed by atoms with Crippen molar-refractivity contribution in [2.75, 3.05) is 24.5 Å². The third-order valence-electron chi connectivity index (χ3n) is 4.31. The van der Waals surface area contributed by atoms with Crippen molar-refractivity contribution in [3.05, 3.63) is 30.1 Å². The van der Waals surface area contributed by atoms with Crippen molar-refractivity contribution in [2.24, 2.45) is 11.8 Å². The lowest BCUT2D eigenvalue weighted by molar-refractivity contribution is -0.126. The van der Waals surface area contributed by atoms with E-state index < -0.39 is 11.7 Å². The smallest absolute Gasteiger partial charge is 0.227 e. The average Bonchev–Trinajstić information content (AvgIpc) is 3.35. The third kappa shape index (κ3) is 3.72. The van der Waals surface area contributed by atoms with E-state index in [0.29, 0.717) is 13.1 Å². The summed E-state index contributed by atoms with van der Waals surface area (Å²) in [6, 6.07) is 6.03. The summed E-state index contributed by atoms with van der Waals surface area (Å²) in [6.07, 6.45) is 1.94. The van der Waals surface area contributed by atoms with Crippen LogP contribution >= 0.6 is 0 Å². The van der Waals surface area contributed by atoms with E-state index in [0.717, 1.165) is 12.8 Å². The molecular formula is C17H20FN3O3. The molecule has 7 heteroatoms. The van der Waals surface area contributed by atoms with Gasteiger partial charge in [0, 0.05) is 32.0 Å². The lowest BCUT2D eigenvalue weighted by Gasteiger charge is -2.17. The number of nitrogens with zero attached hydrogens (tertiary/aromatic N) is 1. The Balaban J connectivity index is 1.47. The van der Waals surface area contributed by atoms with Crippen LogP contribution in [0.1, 0.15) is 19.3 Å². The van der Waals surface area contributed by atoms with Gasteiger partial charge >= 0.3 is 0 Å². The molecule has 1 aromatic rings. The summed E-state index contributed by atoms with van der Waals surface area (Å²) in [4.78, 5) is 37.0. The first kappa shape index (κ1) is 16.4. The SMILES string of the molecule is O=C(NCCNC(=O)[C@H]1CC(=O)N(c2ccccc2F)C1)C1CC1. The fourth-order valence-electron chi connectivity index (χ4n) is 2.79. The quantitative estimate of drug-likeness (QED) is 0.757. The van der Waals surface area contributed by atoms with Crippen LogP contribution < -0.4 is 15.5 Å². The molecule has 128 valence electrons. The average molecular weight is 333 g/mol. The first-order valence-corrected chi connectivity index (χ1v) is 8.16. The number of carbonyl (C=O) groups is 3. The van der Waals surface area contributed by atoms with Gasteiger partial charge in [0.05, 0.1) is 11.6 Å². The number of nitrogens with one attached hydrogen (secondary N) is 2. The minimum absolute atomic E-state index is 0.0334. The lowest BCUT2D eigenvalue weighted by Crippen LogP contribution is -2.38. The fourth-order valence-corrected chi connectivity index (χ4v) is 2.79. The Labute approximate surface area is 139 Å². The fraction of sp³-hybridized carbons (Fsp3) is 0.471. The van der Waals surface area contributed by atoms with E-state index in [1.54, 1.807) is 12.1 Å². The molecule has 2 aliphatic rings. The Bertz CT molecular complexity index is 660. The van der Waals surface area contributed by atoms with E-state index >= 15 is 0 Å². The number of amides is 3. The molecule has 24 heavy (non-hydrogen) atoms. The highest BCUT2D eigenvalue weighted by Gasteiger charge is 2.36. The number of hydrogen-bond acceptors (Lipinski definition) is 3. The van der Waals surface area contributed by atoms with Gasteiger partial charge in [-0.05, 0) is 25.0 Å². The van der Waals surface area contributed by atoms with Gasteiger partial charge in [0.15, 0.2) is 0 Å². The molecule has 1 aromatic carbocycles. The van der Waals surface area contributed by atoms with Crippen LogP contribution in [-0.2, 0) is 14.4 Å². The molecule has 1 atom stereocenters. The number of halogens is 1. The maximum Gasteiger partial charge on any atom is 0.227 e. The van der Waals surface area contributed by atoms with Gasteiger partial charge in [0.25, 0.3) is 0 Å². The number of benzene rings is 1. The summed E-state index contributed by atoms with van der Waals surface area (Å²) in [5.41, 5.74) is 0.203. The maximum absolute atomic E-state index is 13.8. The van der Waals surface area contributed by atoms with Crippen LogP contribution in [0.5, 0.6) is 0 Å². The first-order chi connectivity index (χ1) is 11.6. The minimum Gasteiger partial charge on any atom is -0.354 e. The van der Waals surface area contributed by atoms with Crippen LogP contribution in [-0.4, -0.2) is 37.4 Å². The van der Waals surface area contributed by atoms with E-state index in [4.69, 9.17) is 0 Å². The topological polar surface area (TPSA) is 78.5 Å². The summed E-state index contributed by atoms with van der Waals surface area (Å²) < 4.78 is 13.8. The first-order valence-electron chi connectivity index (χ1n) is 8.16. The minimum atomic E-state index is -0.503. The molecule has 2 fully saturated rings. The second-order valence-corrected chi connectivity index (χ2v) is 6.21. The maximum atomic E-state index is 13.8. The van der Waals surface area contributed by atoms with Crippen molar-refractivity contribution in [2.45, 2.75) is 19.3 Å². The number of anilines is 1. The summed E-state index contributed by atoms with van der Waals surface area (Å²) in [5.74, 6) is -1.32. The molecule has 2 N–H and O–H groups in total. The van der Waals surface area contributed by atoms with Gasteiger partial charge in [-0.25, -0.2) is 4.39 Å². The van der Waals surface area contributed by atoms with E-state index in [2.05, 4.69) is 10.6 Å². The molecule has 0 bridgehead atoms. The van der Waals surface area contributed by atoms with E-state index in [9.17, 15) is 18.8 Å². The molecule has 1 saturated carbocycles. The van der Waals surface area contributed by atoms with Crippen molar-refractivity contribution >= 4 is 23.4 Å². The zero-order valence-electron chi connectivity index (χ0n) is 13.3. The van der Waals surface area contributed by atoms with Crippen LogP contribution in [0.15, 0.2) is 24.3 Å². The number of rotatable bonds is 6. The van der Waals surface area contributed by atoms with Gasteiger partial charge in [-0.1, -0.05) is 12.1 Å². The Morgan fingerprint density at radius 1 is 1.08 bits per heavy atom. The monoisotopic (exact) mass is 333 g/mol. The molecule has 1 aliphatic carbocycles. The van der Waals surface area contributed by atoms with Gasteiger partial charge in [-0.15, -0.1) is 0 Å². The van der Waals surface area contributed by atoms with Gasteiger partial charge in [-0.2, -0.15) is 0 Å². The summed E-state index contributed by atoms with van der Waals surface area (Å²) in [7, 11) is 0. The van der Waals surface area contributed by atoms with Crippen LogP contribution in [0.2, 0.25) is 0 Å². The van der Waals surface area contributed by atoms with Gasteiger partial charge in [0.1, 0.15) is 5.82 Å². The Kier molecular flexibility index (Phi) is 4.78. The van der Waals surface area contributed by atoms with Crippen molar-refractivity contribution in [1.29, 1.82) is 0 Å². The molecule has 0 radical (unpaired) electrons. The Morgan fingerprint density at radius 3 is 2.33 bits per heavy atom. The van der Waals surface area contributed by atoms with Crippen LogP contribution in [0, 0.1) is 17.7 Å². The van der Waals surface area contributed by atoms with Crippen LogP contribution in [0.3, 0.4) is 0 Å². The molecule has 1 heterocycles. The van der Waals surface area contributed by atoms with Crippen molar-refractivity contribution in [3.63, 3.8) is 0 Å². The zero-order chi connectivity index (χ0) is 17.1. The Hall–Kier alpha value is -2.44. The normalized spacial score (nSPS) is 20.1.